The Morgan fingerprint density at radius 2 is 1.05 bits per heavy atom. The molecule has 0 aromatic heterocycles. The lowest BCUT2D eigenvalue weighted by atomic mass is 10.0. The number of unbranched alkanes of at least 4 members (excludes halogenated alkanes) is 15. The van der Waals surface area contributed by atoms with Crippen molar-refractivity contribution in [1.29, 1.82) is 0 Å². The molecule has 232 valence electrons. The van der Waals surface area contributed by atoms with Crippen molar-refractivity contribution in [1.82, 2.24) is 0 Å². The molecule has 0 aliphatic heterocycles. The molecule has 0 aliphatic rings. The van der Waals surface area contributed by atoms with E-state index in [9.17, 15) is 9.59 Å². The van der Waals surface area contributed by atoms with Gasteiger partial charge in [-0.3, -0.25) is 9.59 Å². The molecule has 0 aromatic carbocycles. The topological polar surface area (TPSA) is 63.6 Å². The molecule has 0 radical (unpaired) electrons. The molecule has 4 nitrogen and oxygen atoms in total. The van der Waals surface area contributed by atoms with Gasteiger partial charge in [-0.1, -0.05) is 127 Å². The predicted octanol–water partition coefficient (Wildman–Crippen LogP) is 11.4. The van der Waals surface area contributed by atoms with Gasteiger partial charge in [0, 0.05) is 12.8 Å². The summed E-state index contributed by atoms with van der Waals surface area (Å²) in [7, 11) is 0. The van der Waals surface area contributed by atoms with Crippen LogP contribution in [-0.4, -0.2) is 23.1 Å². The molecule has 0 amide bonds. The molecule has 0 aliphatic carbocycles. The Bertz CT molecular complexity index is 649. The number of hydrogen-bond acceptors (Lipinski definition) is 3. The lowest BCUT2D eigenvalue weighted by molar-refractivity contribution is -0.150. The summed E-state index contributed by atoms with van der Waals surface area (Å²) < 4.78 is 5.91. The minimum absolute atomic E-state index is 0.00628. The van der Waals surface area contributed by atoms with Crippen molar-refractivity contribution in [3.05, 3.63) is 36.5 Å². The number of carbonyl (C=O) groups is 2. The summed E-state index contributed by atoms with van der Waals surface area (Å²) in [4.78, 5) is 23.1. The Hall–Kier alpha value is -1.84. The summed E-state index contributed by atoms with van der Waals surface area (Å²) in [5.41, 5.74) is 0. The Kier molecular flexibility index (Phi) is 30.2. The molecular weight excluding hydrogens is 496 g/mol. The van der Waals surface area contributed by atoms with Crippen LogP contribution in [-0.2, 0) is 14.3 Å². The number of hydrogen-bond donors (Lipinski definition) is 1. The summed E-state index contributed by atoms with van der Waals surface area (Å²) in [5.74, 6) is -0.703. The standard InChI is InChI=1S/C36H64O4/c1-3-5-7-9-10-11-12-13-14-15-16-17-18-19-20-25-29-33-36(39)40-34(30-26-8-6-4-2)31-27-23-21-22-24-28-32-35(37)38/h5,7,10-11,13-14,34H,3-4,6,8-9,12,15-33H2,1-2H3,(H,37,38)/b7-5-,11-10-,14-13-. The Balaban J connectivity index is 3.83. The fourth-order valence-corrected chi connectivity index (χ4v) is 4.90. The van der Waals surface area contributed by atoms with Gasteiger partial charge in [-0.15, -0.1) is 0 Å². The van der Waals surface area contributed by atoms with Gasteiger partial charge in [-0.05, 0) is 70.6 Å². The molecule has 4 heteroatoms. The van der Waals surface area contributed by atoms with Gasteiger partial charge >= 0.3 is 11.9 Å². The number of carbonyl (C=O) groups excluding carboxylic acids is 1. The molecule has 0 aromatic rings. The highest BCUT2D eigenvalue weighted by Gasteiger charge is 2.14. The first kappa shape index (κ1) is 38.2. The van der Waals surface area contributed by atoms with Crippen LogP contribution in [0.25, 0.3) is 0 Å². The fraction of sp³-hybridized carbons (Fsp3) is 0.778. The maximum atomic E-state index is 12.5. The third-order valence-corrected chi connectivity index (χ3v) is 7.38. The molecule has 0 saturated carbocycles. The van der Waals surface area contributed by atoms with E-state index in [0.29, 0.717) is 6.42 Å². The number of allylic oxidation sites excluding steroid dienone is 6. The fourth-order valence-electron chi connectivity index (χ4n) is 4.90. The van der Waals surface area contributed by atoms with Crippen molar-refractivity contribution < 1.29 is 19.4 Å². The quantitative estimate of drug-likeness (QED) is 0.0539. The highest BCUT2D eigenvalue weighted by atomic mass is 16.5. The molecule has 0 fully saturated rings. The molecule has 0 bridgehead atoms. The third-order valence-electron chi connectivity index (χ3n) is 7.38. The van der Waals surface area contributed by atoms with Crippen LogP contribution in [0.15, 0.2) is 36.5 Å². The predicted molar refractivity (Wildman–Crippen MR) is 172 cm³/mol. The van der Waals surface area contributed by atoms with E-state index in [1.807, 2.05) is 0 Å². The normalized spacial score (nSPS) is 12.7. The van der Waals surface area contributed by atoms with Gasteiger partial charge in [0.25, 0.3) is 0 Å². The van der Waals surface area contributed by atoms with Crippen molar-refractivity contribution in [2.24, 2.45) is 0 Å². The smallest absolute Gasteiger partial charge is 0.306 e. The third kappa shape index (κ3) is 30.7. The molecular formula is C36H64O4. The van der Waals surface area contributed by atoms with Crippen molar-refractivity contribution in [3.8, 4) is 0 Å². The highest BCUT2D eigenvalue weighted by Crippen LogP contribution is 2.18. The SMILES string of the molecule is CC/C=C\C/C=C\C/C=C\CCCCCCCCCC(=O)OC(CCCCCC)CCCCCCCCC(=O)O. The second-order valence-corrected chi connectivity index (χ2v) is 11.3. The van der Waals surface area contributed by atoms with Crippen LogP contribution in [0.3, 0.4) is 0 Å². The van der Waals surface area contributed by atoms with E-state index >= 15 is 0 Å². The van der Waals surface area contributed by atoms with Crippen LogP contribution in [0.2, 0.25) is 0 Å². The van der Waals surface area contributed by atoms with Gasteiger partial charge in [-0.2, -0.15) is 0 Å². The van der Waals surface area contributed by atoms with E-state index in [1.165, 1.54) is 57.8 Å². The average Bonchev–Trinajstić information content (AvgIpc) is 2.93. The Morgan fingerprint density at radius 3 is 1.62 bits per heavy atom. The number of ether oxygens (including phenoxy) is 1. The first-order valence-corrected chi connectivity index (χ1v) is 17.0. The lowest BCUT2D eigenvalue weighted by Crippen LogP contribution is -2.18. The summed E-state index contributed by atoms with van der Waals surface area (Å²) in [6.07, 6.45) is 40.3. The monoisotopic (exact) mass is 560 g/mol. The summed E-state index contributed by atoms with van der Waals surface area (Å²) in [6.45, 7) is 4.39. The van der Waals surface area contributed by atoms with Crippen molar-refractivity contribution in [2.75, 3.05) is 0 Å². The molecule has 1 N–H and O–H groups in total. The van der Waals surface area contributed by atoms with Crippen LogP contribution in [0, 0.1) is 0 Å². The average molecular weight is 561 g/mol. The lowest BCUT2D eigenvalue weighted by Gasteiger charge is -2.18. The number of carboxylic acids is 1. The number of esters is 1. The zero-order chi connectivity index (χ0) is 29.4. The van der Waals surface area contributed by atoms with Crippen molar-refractivity contribution >= 4 is 11.9 Å². The molecule has 0 rings (SSSR count). The molecule has 0 spiro atoms. The molecule has 40 heavy (non-hydrogen) atoms. The Labute approximate surface area is 248 Å². The van der Waals surface area contributed by atoms with Crippen LogP contribution in [0.1, 0.15) is 174 Å². The van der Waals surface area contributed by atoms with E-state index < -0.39 is 5.97 Å². The maximum absolute atomic E-state index is 12.5. The van der Waals surface area contributed by atoms with E-state index in [2.05, 4.69) is 50.3 Å². The summed E-state index contributed by atoms with van der Waals surface area (Å²) >= 11 is 0. The minimum atomic E-state index is -0.697. The van der Waals surface area contributed by atoms with Gasteiger partial charge < -0.3 is 9.84 Å². The van der Waals surface area contributed by atoms with Crippen molar-refractivity contribution in [2.45, 2.75) is 180 Å². The van der Waals surface area contributed by atoms with Gasteiger partial charge in [0.1, 0.15) is 6.10 Å². The highest BCUT2D eigenvalue weighted by molar-refractivity contribution is 5.69. The summed E-state index contributed by atoms with van der Waals surface area (Å²) in [5, 5.41) is 8.72. The minimum Gasteiger partial charge on any atom is -0.481 e. The second kappa shape index (κ2) is 31.7. The van der Waals surface area contributed by atoms with Gasteiger partial charge in [0.2, 0.25) is 0 Å². The molecule has 1 atom stereocenters. The van der Waals surface area contributed by atoms with E-state index in [1.54, 1.807) is 0 Å². The maximum Gasteiger partial charge on any atom is 0.306 e. The van der Waals surface area contributed by atoms with Crippen LogP contribution in [0.4, 0.5) is 0 Å². The van der Waals surface area contributed by atoms with E-state index in [-0.39, 0.29) is 18.5 Å². The largest absolute Gasteiger partial charge is 0.481 e. The van der Waals surface area contributed by atoms with Crippen LogP contribution in [0.5, 0.6) is 0 Å². The van der Waals surface area contributed by atoms with Gasteiger partial charge in [-0.25, -0.2) is 0 Å². The van der Waals surface area contributed by atoms with Crippen molar-refractivity contribution in [3.63, 3.8) is 0 Å². The van der Waals surface area contributed by atoms with E-state index in [4.69, 9.17) is 9.84 Å². The number of aliphatic carboxylic acids is 1. The Morgan fingerprint density at radius 1 is 0.575 bits per heavy atom. The number of carboxylic acid groups (broad SMARTS) is 1. The molecule has 0 heterocycles. The first-order valence-electron chi connectivity index (χ1n) is 17.0. The first-order chi connectivity index (χ1) is 19.6. The molecule has 0 saturated heterocycles. The number of rotatable bonds is 30. The van der Waals surface area contributed by atoms with Gasteiger partial charge in [0.05, 0.1) is 0 Å². The molecule has 1 unspecified atom stereocenters. The zero-order valence-electron chi connectivity index (χ0n) is 26.4. The second-order valence-electron chi connectivity index (χ2n) is 11.3. The van der Waals surface area contributed by atoms with Gasteiger partial charge in [0.15, 0.2) is 0 Å². The van der Waals surface area contributed by atoms with Crippen LogP contribution < -0.4 is 0 Å². The summed E-state index contributed by atoms with van der Waals surface area (Å²) in [6, 6.07) is 0. The van der Waals surface area contributed by atoms with Crippen LogP contribution >= 0.6 is 0 Å². The zero-order valence-corrected chi connectivity index (χ0v) is 26.4. The van der Waals surface area contributed by atoms with E-state index in [0.717, 1.165) is 89.9 Å².